The van der Waals surface area contributed by atoms with Crippen molar-refractivity contribution in [2.45, 2.75) is 6.54 Å². The molecule has 4 heteroatoms. The fraction of sp³-hybridized carbons (Fsp3) is 0.125. The third-order valence-electron chi connectivity index (χ3n) is 1.51. The molecule has 0 amide bonds. The van der Waals surface area contributed by atoms with E-state index in [-0.39, 0.29) is 12.4 Å². The maximum Gasteiger partial charge on any atom is 0.107 e. The van der Waals surface area contributed by atoms with Crippen molar-refractivity contribution in [2.75, 3.05) is 0 Å². The van der Waals surface area contributed by atoms with Crippen molar-refractivity contribution < 1.29 is 0 Å². The number of nitrogens with two attached hydrogens (primary N) is 1. The summed E-state index contributed by atoms with van der Waals surface area (Å²) in [5.41, 5.74) is 6.52. The molecule has 2 nitrogen and oxygen atoms in total. The molecule has 2 rings (SSSR count). The summed E-state index contributed by atoms with van der Waals surface area (Å²) in [5.74, 6) is 0. The minimum Gasteiger partial charge on any atom is -0.325 e. The van der Waals surface area contributed by atoms with Gasteiger partial charge in [-0.1, -0.05) is 12.1 Å². The van der Waals surface area contributed by atoms with E-state index in [0.29, 0.717) is 6.54 Å². The zero-order valence-electron chi connectivity index (χ0n) is 6.36. The van der Waals surface area contributed by atoms with Crippen LogP contribution in [0.2, 0.25) is 0 Å². The van der Waals surface area contributed by atoms with Crippen LogP contribution in [0.25, 0.3) is 10.2 Å². The fourth-order valence-electron chi connectivity index (χ4n) is 1.01. The van der Waals surface area contributed by atoms with Crippen LogP contribution in [-0.4, -0.2) is 4.98 Å². The summed E-state index contributed by atoms with van der Waals surface area (Å²) < 4.78 is 1.22. The standard InChI is InChI=1S/C8H8N2S.ClH/c9-5-8-10-6-3-1-2-4-7(6)11-8;/h1-4H,5,9H2;1H. The van der Waals surface area contributed by atoms with Crippen LogP contribution in [0, 0.1) is 0 Å². The third kappa shape index (κ3) is 1.58. The molecule has 1 aromatic carbocycles. The van der Waals surface area contributed by atoms with E-state index in [1.54, 1.807) is 11.3 Å². The van der Waals surface area contributed by atoms with Gasteiger partial charge < -0.3 is 5.73 Å². The van der Waals surface area contributed by atoms with E-state index in [4.69, 9.17) is 5.73 Å². The van der Waals surface area contributed by atoms with Crippen LogP contribution in [-0.2, 0) is 6.54 Å². The van der Waals surface area contributed by atoms with Gasteiger partial charge in [0.2, 0.25) is 0 Å². The van der Waals surface area contributed by atoms with Crippen molar-refractivity contribution in [2.24, 2.45) is 5.73 Å². The number of nitrogens with zero attached hydrogens (tertiary/aromatic N) is 1. The molecule has 0 spiro atoms. The SMILES string of the molecule is Cl.NCc1nc2ccccc2s1. The molecule has 0 aliphatic heterocycles. The monoisotopic (exact) mass is 200 g/mol. The molecule has 0 unspecified atom stereocenters. The summed E-state index contributed by atoms with van der Waals surface area (Å²) in [7, 11) is 0. The number of thiazole rings is 1. The first-order valence-corrected chi connectivity index (χ1v) is 4.26. The maximum atomic E-state index is 5.46. The van der Waals surface area contributed by atoms with Gasteiger partial charge in [-0.3, -0.25) is 0 Å². The minimum absolute atomic E-state index is 0. The van der Waals surface area contributed by atoms with Gasteiger partial charge in [0.25, 0.3) is 0 Å². The molecule has 2 aromatic rings. The Morgan fingerprint density at radius 3 is 2.75 bits per heavy atom. The van der Waals surface area contributed by atoms with Crippen LogP contribution in [0.3, 0.4) is 0 Å². The molecule has 64 valence electrons. The zero-order chi connectivity index (χ0) is 7.68. The van der Waals surface area contributed by atoms with Gasteiger partial charge in [-0.05, 0) is 12.1 Å². The lowest BCUT2D eigenvalue weighted by Gasteiger charge is -1.80. The van der Waals surface area contributed by atoms with Gasteiger partial charge in [0.1, 0.15) is 5.01 Å². The molecule has 1 heterocycles. The topological polar surface area (TPSA) is 38.9 Å². The number of hydrogen-bond acceptors (Lipinski definition) is 3. The molecule has 0 saturated carbocycles. The van der Waals surface area contributed by atoms with Gasteiger partial charge in [-0.15, -0.1) is 23.7 Å². The van der Waals surface area contributed by atoms with Gasteiger partial charge in [-0.25, -0.2) is 4.98 Å². The van der Waals surface area contributed by atoms with Crippen molar-refractivity contribution in [3.8, 4) is 0 Å². The largest absolute Gasteiger partial charge is 0.325 e. The minimum atomic E-state index is 0. The lowest BCUT2D eigenvalue weighted by molar-refractivity contribution is 1.05. The van der Waals surface area contributed by atoms with E-state index in [0.717, 1.165) is 10.5 Å². The average Bonchev–Trinajstić information content (AvgIpc) is 2.46. The molecule has 0 bridgehead atoms. The molecule has 2 N–H and O–H groups in total. The van der Waals surface area contributed by atoms with Crippen LogP contribution in [0.15, 0.2) is 24.3 Å². The van der Waals surface area contributed by atoms with Crippen molar-refractivity contribution >= 4 is 34.0 Å². The number of hydrogen-bond donors (Lipinski definition) is 1. The van der Waals surface area contributed by atoms with E-state index < -0.39 is 0 Å². The predicted molar refractivity (Wildman–Crippen MR) is 54.8 cm³/mol. The molecule has 0 saturated heterocycles. The smallest absolute Gasteiger partial charge is 0.107 e. The number of fused-ring (bicyclic) bond motifs is 1. The van der Waals surface area contributed by atoms with Crippen molar-refractivity contribution in [1.82, 2.24) is 4.98 Å². The molecule has 1 aromatic heterocycles. The Balaban J connectivity index is 0.000000720. The van der Waals surface area contributed by atoms with Crippen LogP contribution in [0.1, 0.15) is 5.01 Å². The number of rotatable bonds is 1. The maximum absolute atomic E-state index is 5.46. The van der Waals surface area contributed by atoms with E-state index >= 15 is 0 Å². The molecular weight excluding hydrogens is 192 g/mol. The number of aromatic nitrogens is 1. The Morgan fingerprint density at radius 2 is 2.08 bits per heavy atom. The summed E-state index contributed by atoms with van der Waals surface area (Å²) in [6, 6.07) is 8.07. The predicted octanol–water partition coefficient (Wildman–Crippen LogP) is 2.18. The number of halogens is 1. The van der Waals surface area contributed by atoms with Crippen LogP contribution in [0.4, 0.5) is 0 Å². The molecule has 0 aliphatic carbocycles. The highest BCUT2D eigenvalue weighted by molar-refractivity contribution is 7.18. The summed E-state index contributed by atoms with van der Waals surface area (Å²) in [5, 5.41) is 1.01. The summed E-state index contributed by atoms with van der Waals surface area (Å²) in [4.78, 5) is 4.32. The Bertz CT molecular complexity index is 339. The van der Waals surface area contributed by atoms with Gasteiger partial charge >= 0.3 is 0 Å². The number of para-hydroxylation sites is 1. The molecule has 0 aliphatic rings. The van der Waals surface area contributed by atoms with Gasteiger partial charge in [0.15, 0.2) is 0 Å². The molecule has 0 atom stereocenters. The van der Waals surface area contributed by atoms with Crippen molar-refractivity contribution in [3.63, 3.8) is 0 Å². The first kappa shape index (κ1) is 9.45. The quantitative estimate of drug-likeness (QED) is 0.767. The Labute approximate surface area is 80.8 Å². The normalized spacial score (nSPS) is 9.75. The molecular formula is C8H9ClN2S. The highest BCUT2D eigenvalue weighted by Crippen LogP contribution is 2.20. The third-order valence-corrected chi connectivity index (χ3v) is 2.57. The van der Waals surface area contributed by atoms with Gasteiger partial charge in [0.05, 0.1) is 10.2 Å². The van der Waals surface area contributed by atoms with Crippen LogP contribution >= 0.6 is 23.7 Å². The Kier molecular flexibility index (Phi) is 3.03. The Morgan fingerprint density at radius 1 is 1.33 bits per heavy atom. The van der Waals surface area contributed by atoms with Gasteiger partial charge in [0, 0.05) is 6.54 Å². The summed E-state index contributed by atoms with van der Waals surface area (Å²) in [6.45, 7) is 0.541. The second-order valence-electron chi connectivity index (χ2n) is 2.28. The lowest BCUT2D eigenvalue weighted by atomic mass is 10.3. The second kappa shape index (κ2) is 3.85. The van der Waals surface area contributed by atoms with Crippen LogP contribution in [0.5, 0.6) is 0 Å². The van der Waals surface area contributed by atoms with Crippen molar-refractivity contribution in [3.05, 3.63) is 29.3 Å². The first-order chi connectivity index (χ1) is 5.40. The fourth-order valence-corrected chi connectivity index (χ4v) is 1.85. The van der Waals surface area contributed by atoms with Crippen molar-refractivity contribution in [1.29, 1.82) is 0 Å². The Hall–Kier alpha value is -0.640. The highest BCUT2D eigenvalue weighted by Gasteiger charge is 1.98. The average molecular weight is 201 g/mol. The molecule has 12 heavy (non-hydrogen) atoms. The zero-order valence-corrected chi connectivity index (χ0v) is 7.99. The lowest BCUT2D eigenvalue weighted by Crippen LogP contribution is -1.93. The van der Waals surface area contributed by atoms with Crippen LogP contribution < -0.4 is 5.73 Å². The van der Waals surface area contributed by atoms with E-state index in [1.165, 1.54) is 4.70 Å². The molecule has 0 fully saturated rings. The van der Waals surface area contributed by atoms with E-state index in [9.17, 15) is 0 Å². The van der Waals surface area contributed by atoms with E-state index in [1.807, 2.05) is 18.2 Å². The second-order valence-corrected chi connectivity index (χ2v) is 3.39. The van der Waals surface area contributed by atoms with E-state index in [2.05, 4.69) is 11.1 Å². The highest BCUT2D eigenvalue weighted by atomic mass is 35.5. The number of benzene rings is 1. The first-order valence-electron chi connectivity index (χ1n) is 3.44. The summed E-state index contributed by atoms with van der Waals surface area (Å²) >= 11 is 1.66. The van der Waals surface area contributed by atoms with Gasteiger partial charge in [-0.2, -0.15) is 0 Å². The molecule has 0 radical (unpaired) electrons. The summed E-state index contributed by atoms with van der Waals surface area (Å²) in [6.07, 6.45) is 0.